The zero-order chi connectivity index (χ0) is 34.4. The van der Waals surface area contributed by atoms with Crippen LogP contribution in [0, 0.1) is 0 Å². The molecule has 3 heterocycles. The monoisotopic (exact) mass is 666 g/mol. The van der Waals surface area contributed by atoms with Crippen LogP contribution in [0.1, 0.15) is 0 Å². The highest BCUT2D eigenvalue weighted by Gasteiger charge is 2.20. The largest absolute Gasteiger partial charge is 0.438 e. The number of fused-ring (bicyclic) bond motifs is 5. The smallest absolute Gasteiger partial charge is 0.213 e. The van der Waals surface area contributed by atoms with E-state index in [2.05, 4.69) is 156 Å². The maximum absolute atomic E-state index is 6.53. The second kappa shape index (κ2) is 12.3. The highest BCUT2D eigenvalue weighted by Crippen LogP contribution is 2.40. The molecule has 0 amide bonds. The van der Waals surface area contributed by atoms with Gasteiger partial charge in [-0.1, -0.05) is 158 Å². The van der Waals surface area contributed by atoms with Gasteiger partial charge in [-0.3, -0.25) is 4.40 Å². The van der Waals surface area contributed by atoms with Crippen molar-refractivity contribution in [1.82, 2.24) is 19.4 Å². The predicted octanol–water partition coefficient (Wildman–Crippen LogP) is 12.0. The van der Waals surface area contributed by atoms with E-state index in [1.54, 1.807) is 0 Å². The standard InChI is InChI=1S/C47H30N4O/c1-3-12-31(13-4-1)33-22-26-35(27-23-33)44-48-45(36-28-24-34(25-29-36)32-14-5-2-6-15-32)50-46(49-44)38-17-11-16-37(30-38)43-39-18-7-8-19-40(39)51-41-20-9-10-21-42(41)52-47(43)51/h1-30H. The van der Waals surface area contributed by atoms with Crippen LogP contribution in [0.15, 0.2) is 186 Å². The number of benzene rings is 7. The quantitative estimate of drug-likeness (QED) is 0.177. The highest BCUT2D eigenvalue weighted by molar-refractivity contribution is 6.07. The van der Waals surface area contributed by atoms with E-state index in [9.17, 15) is 0 Å². The molecule has 10 rings (SSSR count). The predicted molar refractivity (Wildman–Crippen MR) is 211 cm³/mol. The molecule has 3 aromatic heterocycles. The van der Waals surface area contributed by atoms with Crippen molar-refractivity contribution in [3.8, 4) is 67.5 Å². The fraction of sp³-hybridized carbons (Fsp3) is 0. The molecule has 0 aliphatic carbocycles. The van der Waals surface area contributed by atoms with Crippen molar-refractivity contribution in [1.29, 1.82) is 0 Å². The molecule has 0 fully saturated rings. The van der Waals surface area contributed by atoms with Gasteiger partial charge in [0.25, 0.3) is 0 Å². The molecule has 0 aliphatic heterocycles. The van der Waals surface area contributed by atoms with E-state index < -0.39 is 0 Å². The Balaban J connectivity index is 1.12. The fourth-order valence-corrected chi connectivity index (χ4v) is 7.13. The third-order valence-electron chi connectivity index (χ3n) is 9.69. The average molecular weight is 667 g/mol. The van der Waals surface area contributed by atoms with Crippen molar-refractivity contribution in [2.24, 2.45) is 0 Å². The molecular formula is C47H30N4O. The fourth-order valence-electron chi connectivity index (χ4n) is 7.13. The first-order valence-corrected chi connectivity index (χ1v) is 17.4. The first-order valence-electron chi connectivity index (χ1n) is 17.4. The van der Waals surface area contributed by atoms with Crippen LogP contribution in [0.25, 0.3) is 95.3 Å². The summed E-state index contributed by atoms with van der Waals surface area (Å²) in [4.78, 5) is 15.2. The number of oxazole rings is 1. The summed E-state index contributed by atoms with van der Waals surface area (Å²) in [5.74, 6) is 1.84. The minimum Gasteiger partial charge on any atom is -0.438 e. The molecule has 0 radical (unpaired) electrons. The molecule has 0 spiro atoms. The lowest BCUT2D eigenvalue weighted by Crippen LogP contribution is -2.00. The van der Waals surface area contributed by atoms with Crippen LogP contribution < -0.4 is 0 Å². The summed E-state index contributed by atoms with van der Waals surface area (Å²) in [6, 6.07) is 62.7. The minimum absolute atomic E-state index is 0.602. The van der Waals surface area contributed by atoms with Gasteiger partial charge < -0.3 is 4.42 Å². The summed E-state index contributed by atoms with van der Waals surface area (Å²) >= 11 is 0. The van der Waals surface area contributed by atoms with Crippen LogP contribution in [-0.2, 0) is 0 Å². The van der Waals surface area contributed by atoms with Crippen LogP contribution in [0.2, 0.25) is 0 Å². The highest BCUT2D eigenvalue weighted by atomic mass is 16.3. The maximum Gasteiger partial charge on any atom is 0.213 e. The molecule has 52 heavy (non-hydrogen) atoms. The molecule has 5 nitrogen and oxygen atoms in total. The first-order chi connectivity index (χ1) is 25.8. The molecule has 10 aromatic rings. The Kier molecular flexibility index (Phi) is 7.07. The molecule has 0 atom stereocenters. The normalized spacial score (nSPS) is 11.5. The van der Waals surface area contributed by atoms with Crippen LogP contribution >= 0.6 is 0 Å². The number of para-hydroxylation sites is 3. The van der Waals surface area contributed by atoms with E-state index in [0.29, 0.717) is 17.5 Å². The molecule has 0 bridgehead atoms. The molecule has 0 unspecified atom stereocenters. The summed E-state index contributed by atoms with van der Waals surface area (Å²) in [6.45, 7) is 0. The lowest BCUT2D eigenvalue weighted by molar-refractivity contribution is 0.658. The van der Waals surface area contributed by atoms with Gasteiger partial charge in [-0.25, -0.2) is 15.0 Å². The van der Waals surface area contributed by atoms with Gasteiger partial charge in [0.15, 0.2) is 23.1 Å². The summed E-state index contributed by atoms with van der Waals surface area (Å²) < 4.78 is 8.74. The third kappa shape index (κ3) is 5.15. The Morgan fingerprint density at radius 1 is 0.346 bits per heavy atom. The Morgan fingerprint density at radius 3 is 1.40 bits per heavy atom. The van der Waals surface area contributed by atoms with E-state index in [0.717, 1.165) is 77.8 Å². The minimum atomic E-state index is 0.602. The average Bonchev–Trinajstić information content (AvgIpc) is 3.76. The van der Waals surface area contributed by atoms with Gasteiger partial charge >= 0.3 is 0 Å². The summed E-state index contributed by atoms with van der Waals surface area (Å²) in [7, 11) is 0. The van der Waals surface area contributed by atoms with Gasteiger partial charge in [0.2, 0.25) is 5.71 Å². The van der Waals surface area contributed by atoms with Crippen LogP contribution in [0.3, 0.4) is 0 Å². The molecule has 7 aromatic carbocycles. The summed E-state index contributed by atoms with van der Waals surface area (Å²) in [5, 5.41) is 1.12. The molecule has 0 aliphatic rings. The Morgan fingerprint density at radius 2 is 0.788 bits per heavy atom. The van der Waals surface area contributed by atoms with Gasteiger partial charge in [0, 0.05) is 22.1 Å². The second-order valence-corrected chi connectivity index (χ2v) is 12.9. The third-order valence-corrected chi connectivity index (χ3v) is 9.69. The number of rotatable bonds is 6. The Hall–Kier alpha value is -7.11. The van der Waals surface area contributed by atoms with E-state index >= 15 is 0 Å². The van der Waals surface area contributed by atoms with Gasteiger partial charge in [-0.15, -0.1) is 0 Å². The van der Waals surface area contributed by atoms with Gasteiger partial charge in [-0.05, 0) is 52.1 Å². The van der Waals surface area contributed by atoms with E-state index in [1.165, 1.54) is 0 Å². The molecule has 0 saturated carbocycles. The number of nitrogens with zero attached hydrogens (tertiary/aromatic N) is 4. The SMILES string of the molecule is c1ccc(-c2ccc(-c3nc(-c4ccc(-c5ccccc5)cc4)nc(-c4cccc(-c5c6ccccc6n6c5oc5ccccc56)c4)n3)cc2)cc1. The van der Waals surface area contributed by atoms with Crippen LogP contribution in [0.5, 0.6) is 0 Å². The lowest BCUT2D eigenvalue weighted by atomic mass is 10.0. The van der Waals surface area contributed by atoms with Crippen LogP contribution in [-0.4, -0.2) is 19.4 Å². The number of aromatic nitrogens is 4. The van der Waals surface area contributed by atoms with Crippen molar-refractivity contribution >= 4 is 27.7 Å². The second-order valence-electron chi connectivity index (χ2n) is 12.9. The lowest BCUT2D eigenvalue weighted by Gasteiger charge is -2.10. The Bertz CT molecular complexity index is 2770. The molecule has 0 N–H and O–H groups in total. The van der Waals surface area contributed by atoms with Crippen molar-refractivity contribution in [3.05, 3.63) is 182 Å². The number of hydrogen-bond donors (Lipinski definition) is 0. The molecule has 244 valence electrons. The van der Waals surface area contributed by atoms with E-state index in [4.69, 9.17) is 19.4 Å². The van der Waals surface area contributed by atoms with Crippen molar-refractivity contribution in [3.63, 3.8) is 0 Å². The van der Waals surface area contributed by atoms with Crippen LogP contribution in [0.4, 0.5) is 0 Å². The number of hydrogen-bond acceptors (Lipinski definition) is 4. The van der Waals surface area contributed by atoms with E-state index in [-0.39, 0.29) is 0 Å². The summed E-state index contributed by atoms with van der Waals surface area (Å²) in [6.07, 6.45) is 0. The first kappa shape index (κ1) is 29.8. The molecule has 0 saturated heterocycles. The van der Waals surface area contributed by atoms with Crippen molar-refractivity contribution in [2.45, 2.75) is 0 Å². The van der Waals surface area contributed by atoms with Crippen molar-refractivity contribution < 1.29 is 4.42 Å². The van der Waals surface area contributed by atoms with Crippen molar-refractivity contribution in [2.75, 3.05) is 0 Å². The Labute approximate surface area is 300 Å². The van der Waals surface area contributed by atoms with Gasteiger partial charge in [0.1, 0.15) is 0 Å². The zero-order valence-electron chi connectivity index (χ0n) is 28.0. The molecular weight excluding hydrogens is 637 g/mol. The molecule has 5 heteroatoms. The van der Waals surface area contributed by atoms with E-state index in [1.807, 2.05) is 30.3 Å². The zero-order valence-corrected chi connectivity index (χ0v) is 28.0. The summed E-state index contributed by atoms with van der Waals surface area (Å²) in [5.41, 5.74) is 13.2. The van der Waals surface area contributed by atoms with Gasteiger partial charge in [-0.2, -0.15) is 0 Å². The topological polar surface area (TPSA) is 56.2 Å². The maximum atomic E-state index is 6.53. The van der Waals surface area contributed by atoms with Gasteiger partial charge in [0.05, 0.1) is 16.6 Å².